The molecule has 0 radical (unpaired) electrons. The fraction of sp³-hybridized carbons (Fsp3) is 0.550. The van der Waals surface area contributed by atoms with Gasteiger partial charge in [-0.15, -0.1) is 11.3 Å². The van der Waals surface area contributed by atoms with E-state index in [1.54, 1.807) is 17.7 Å². The summed E-state index contributed by atoms with van der Waals surface area (Å²) in [6.45, 7) is 10.6. The SMILES string of the molecule is CCOc1ncnc2c1sc1nc(N3CCOCC3)c3c(c12)CC(C)(C)OC3. The van der Waals surface area contributed by atoms with Crippen molar-refractivity contribution in [3.8, 4) is 5.88 Å². The van der Waals surface area contributed by atoms with Gasteiger partial charge in [0.1, 0.15) is 21.7 Å². The predicted octanol–water partition coefficient (Wildman–Crippen LogP) is 3.33. The number of thiophene rings is 1. The summed E-state index contributed by atoms with van der Waals surface area (Å²) in [7, 11) is 0. The fourth-order valence-corrected chi connectivity index (χ4v) is 5.14. The van der Waals surface area contributed by atoms with Gasteiger partial charge in [0.2, 0.25) is 5.88 Å². The highest BCUT2D eigenvalue weighted by Crippen LogP contribution is 2.44. The highest BCUT2D eigenvalue weighted by atomic mass is 32.1. The number of pyridine rings is 1. The maximum atomic E-state index is 6.17. The average Bonchev–Trinajstić information content (AvgIpc) is 3.07. The van der Waals surface area contributed by atoms with E-state index in [1.165, 1.54) is 11.1 Å². The van der Waals surface area contributed by atoms with Crippen LogP contribution in [0.15, 0.2) is 6.33 Å². The number of fused-ring (bicyclic) bond motifs is 5. The molecule has 7 nitrogen and oxygen atoms in total. The Morgan fingerprint density at radius 2 is 2.04 bits per heavy atom. The van der Waals surface area contributed by atoms with Gasteiger partial charge in [0.05, 0.1) is 37.5 Å². The monoisotopic (exact) mass is 400 g/mol. The van der Waals surface area contributed by atoms with Crippen molar-refractivity contribution in [3.05, 3.63) is 17.5 Å². The molecule has 0 atom stereocenters. The third-order valence-corrected chi connectivity index (χ3v) is 6.43. The second kappa shape index (κ2) is 6.79. The molecule has 0 spiro atoms. The van der Waals surface area contributed by atoms with Crippen molar-refractivity contribution < 1.29 is 14.2 Å². The number of aromatic nitrogens is 3. The van der Waals surface area contributed by atoms with Gasteiger partial charge in [-0.05, 0) is 26.3 Å². The van der Waals surface area contributed by atoms with E-state index >= 15 is 0 Å². The lowest BCUT2D eigenvalue weighted by atomic mass is 9.90. The molecule has 5 rings (SSSR count). The fourth-order valence-electron chi connectivity index (χ4n) is 4.04. The Morgan fingerprint density at radius 1 is 1.21 bits per heavy atom. The molecule has 0 bridgehead atoms. The first kappa shape index (κ1) is 18.0. The summed E-state index contributed by atoms with van der Waals surface area (Å²) in [6, 6.07) is 0. The Morgan fingerprint density at radius 3 is 2.82 bits per heavy atom. The molecule has 0 amide bonds. The number of anilines is 1. The first-order valence-electron chi connectivity index (χ1n) is 9.76. The van der Waals surface area contributed by atoms with E-state index in [1.807, 2.05) is 6.92 Å². The molecule has 0 aliphatic carbocycles. The van der Waals surface area contributed by atoms with Gasteiger partial charge in [-0.1, -0.05) is 0 Å². The van der Waals surface area contributed by atoms with Crippen LogP contribution in [0.3, 0.4) is 0 Å². The minimum absolute atomic E-state index is 0.215. The molecular weight excluding hydrogens is 376 g/mol. The summed E-state index contributed by atoms with van der Waals surface area (Å²) in [4.78, 5) is 17.4. The molecule has 3 aromatic heterocycles. The second-order valence-corrected chi connectivity index (χ2v) is 8.79. The molecular formula is C20H24N4O3S. The molecule has 2 aliphatic heterocycles. The summed E-state index contributed by atoms with van der Waals surface area (Å²) in [5.74, 6) is 1.67. The third kappa shape index (κ3) is 2.91. The van der Waals surface area contributed by atoms with Gasteiger partial charge in [-0.25, -0.2) is 15.0 Å². The van der Waals surface area contributed by atoms with E-state index in [2.05, 4.69) is 28.7 Å². The Balaban J connectivity index is 1.79. The van der Waals surface area contributed by atoms with Gasteiger partial charge < -0.3 is 19.1 Å². The predicted molar refractivity (Wildman–Crippen MR) is 109 cm³/mol. The van der Waals surface area contributed by atoms with Crippen molar-refractivity contribution in [1.29, 1.82) is 0 Å². The lowest BCUT2D eigenvalue weighted by molar-refractivity contribution is -0.0396. The third-order valence-electron chi connectivity index (χ3n) is 5.37. The zero-order chi connectivity index (χ0) is 19.3. The van der Waals surface area contributed by atoms with Gasteiger partial charge in [0.25, 0.3) is 0 Å². The first-order valence-corrected chi connectivity index (χ1v) is 10.6. The van der Waals surface area contributed by atoms with Gasteiger partial charge in [0, 0.05) is 30.5 Å². The molecule has 0 saturated carbocycles. The van der Waals surface area contributed by atoms with Gasteiger partial charge in [-0.3, -0.25) is 0 Å². The normalized spacial score (nSPS) is 19.2. The standard InChI is InChI=1S/C20H24N4O3S/c1-4-26-18-16-15(21-11-22-18)14-12-9-20(2,3)27-10-13(12)17(23-19(14)28-16)24-5-7-25-8-6-24/h11H,4-10H2,1-3H3. The van der Waals surface area contributed by atoms with E-state index in [0.29, 0.717) is 19.1 Å². The van der Waals surface area contributed by atoms with Crippen LogP contribution in [-0.4, -0.2) is 53.5 Å². The Labute approximate surface area is 167 Å². The summed E-state index contributed by atoms with van der Waals surface area (Å²) < 4.78 is 18.4. The second-order valence-electron chi connectivity index (χ2n) is 7.79. The van der Waals surface area contributed by atoms with Crippen LogP contribution in [0, 0.1) is 0 Å². The largest absolute Gasteiger partial charge is 0.477 e. The van der Waals surface area contributed by atoms with Gasteiger partial charge >= 0.3 is 0 Å². The number of nitrogens with zero attached hydrogens (tertiary/aromatic N) is 4. The minimum atomic E-state index is -0.215. The highest BCUT2D eigenvalue weighted by molar-refractivity contribution is 7.25. The van der Waals surface area contributed by atoms with Crippen LogP contribution in [-0.2, 0) is 22.5 Å². The number of hydrogen-bond donors (Lipinski definition) is 0. The number of rotatable bonds is 3. The minimum Gasteiger partial charge on any atom is -0.477 e. The Hall–Kier alpha value is -2.03. The smallest absolute Gasteiger partial charge is 0.234 e. The Bertz CT molecular complexity index is 1040. The number of hydrogen-bond acceptors (Lipinski definition) is 8. The van der Waals surface area contributed by atoms with Crippen molar-refractivity contribution in [2.45, 2.75) is 39.4 Å². The molecule has 8 heteroatoms. The number of morpholine rings is 1. The van der Waals surface area contributed by atoms with E-state index < -0.39 is 0 Å². The van der Waals surface area contributed by atoms with Crippen LogP contribution in [0.1, 0.15) is 31.9 Å². The maximum absolute atomic E-state index is 6.17. The van der Waals surface area contributed by atoms with Gasteiger partial charge in [0.15, 0.2) is 0 Å². The molecule has 148 valence electrons. The van der Waals surface area contributed by atoms with Crippen LogP contribution >= 0.6 is 11.3 Å². The highest BCUT2D eigenvalue weighted by Gasteiger charge is 2.33. The average molecular weight is 401 g/mol. The maximum Gasteiger partial charge on any atom is 0.234 e. The quantitative estimate of drug-likeness (QED) is 0.668. The summed E-state index contributed by atoms with van der Waals surface area (Å²) in [6.07, 6.45) is 2.42. The number of ether oxygens (including phenoxy) is 3. The van der Waals surface area contributed by atoms with Crippen molar-refractivity contribution in [1.82, 2.24) is 15.0 Å². The molecule has 1 fully saturated rings. The zero-order valence-electron chi connectivity index (χ0n) is 16.4. The van der Waals surface area contributed by atoms with E-state index in [4.69, 9.17) is 19.2 Å². The summed E-state index contributed by atoms with van der Waals surface area (Å²) in [5, 5.41) is 1.13. The van der Waals surface area contributed by atoms with E-state index in [-0.39, 0.29) is 5.60 Å². The van der Waals surface area contributed by atoms with Crippen molar-refractivity contribution in [2.75, 3.05) is 37.8 Å². The summed E-state index contributed by atoms with van der Waals surface area (Å²) >= 11 is 1.62. The van der Waals surface area contributed by atoms with Crippen LogP contribution in [0.4, 0.5) is 5.82 Å². The molecule has 3 aromatic rings. The van der Waals surface area contributed by atoms with Crippen molar-refractivity contribution >= 4 is 37.6 Å². The Kier molecular flexibility index (Phi) is 4.37. The first-order chi connectivity index (χ1) is 13.6. The van der Waals surface area contributed by atoms with Crippen LogP contribution in [0.25, 0.3) is 20.4 Å². The van der Waals surface area contributed by atoms with Crippen LogP contribution < -0.4 is 9.64 Å². The molecule has 2 aliphatic rings. The summed E-state index contributed by atoms with van der Waals surface area (Å²) in [5.41, 5.74) is 3.21. The lowest BCUT2D eigenvalue weighted by Gasteiger charge is -2.36. The van der Waals surface area contributed by atoms with Crippen molar-refractivity contribution in [3.63, 3.8) is 0 Å². The molecule has 0 aromatic carbocycles. The molecule has 0 unspecified atom stereocenters. The zero-order valence-corrected chi connectivity index (χ0v) is 17.3. The molecule has 0 N–H and O–H groups in total. The van der Waals surface area contributed by atoms with Crippen LogP contribution in [0.5, 0.6) is 5.88 Å². The van der Waals surface area contributed by atoms with Crippen molar-refractivity contribution in [2.24, 2.45) is 0 Å². The van der Waals surface area contributed by atoms with E-state index in [0.717, 1.165) is 59.0 Å². The molecule has 5 heterocycles. The topological polar surface area (TPSA) is 69.6 Å². The molecule has 1 saturated heterocycles. The van der Waals surface area contributed by atoms with Gasteiger partial charge in [-0.2, -0.15) is 0 Å². The molecule has 28 heavy (non-hydrogen) atoms. The van der Waals surface area contributed by atoms with Crippen LogP contribution in [0.2, 0.25) is 0 Å². The lowest BCUT2D eigenvalue weighted by Crippen LogP contribution is -2.39. The van der Waals surface area contributed by atoms with E-state index in [9.17, 15) is 0 Å².